The van der Waals surface area contributed by atoms with Crippen LogP contribution in [0.25, 0.3) is 0 Å². The van der Waals surface area contributed by atoms with Crippen LogP contribution in [-0.2, 0) is 48.3 Å². The number of unbranched alkanes of at least 4 members (excludes halogenated alkanes) is 14. The number of esters is 2. The molecule has 0 heterocycles. The summed E-state index contributed by atoms with van der Waals surface area (Å²) in [5.74, 6) is -5.27. The molecule has 0 fully saturated rings. The molecule has 0 aromatic heterocycles. The number of hydrogen-bond donors (Lipinski definition) is 2. The Morgan fingerprint density at radius 3 is 1.28 bits per heavy atom. The maximum atomic E-state index is 13.7. The van der Waals surface area contributed by atoms with Crippen LogP contribution in [0.1, 0.15) is 145 Å². The standard InChI is InChI=1S/C45H61F11O9/c1-42(46,47)32-22-33(43(48,49)50)25-37(24-32)62-20-16-12-9-5-3-7-11-15-19-41(60)65-39(30-61-29-36(58)28-57)31-64-40(59)18-14-10-6-2-4-8-13-17-21-63-38-26-34(44(51,52)53)23-35(27-38)45(54,55)56/h22-27,36,39,57-58H,2-21,28-31H2,1H3. The van der Waals surface area contributed by atoms with Gasteiger partial charge in [-0.25, -0.2) is 8.78 Å². The molecule has 372 valence electrons. The Kier molecular flexibility index (Phi) is 25.5. The summed E-state index contributed by atoms with van der Waals surface area (Å²) < 4.78 is 172. The molecule has 0 radical (unpaired) electrons. The lowest BCUT2D eigenvalue weighted by Crippen LogP contribution is -2.31. The Labute approximate surface area is 372 Å². The lowest BCUT2D eigenvalue weighted by Gasteiger charge is -2.19. The third kappa shape index (κ3) is 25.5. The second-order valence-electron chi connectivity index (χ2n) is 15.9. The van der Waals surface area contributed by atoms with E-state index >= 15 is 0 Å². The van der Waals surface area contributed by atoms with Crippen molar-refractivity contribution in [2.24, 2.45) is 0 Å². The van der Waals surface area contributed by atoms with Crippen molar-refractivity contribution in [2.45, 2.75) is 159 Å². The molecule has 2 rings (SSSR count). The molecule has 0 bridgehead atoms. The van der Waals surface area contributed by atoms with Crippen molar-refractivity contribution in [3.63, 3.8) is 0 Å². The number of alkyl halides is 11. The Morgan fingerprint density at radius 1 is 0.508 bits per heavy atom. The minimum absolute atomic E-state index is 0.0392. The molecular formula is C45H61F11O9. The normalized spacial score (nSPS) is 13.4. The van der Waals surface area contributed by atoms with E-state index in [9.17, 15) is 63.0 Å². The van der Waals surface area contributed by atoms with Crippen molar-refractivity contribution in [2.75, 3.05) is 39.6 Å². The first-order valence-corrected chi connectivity index (χ1v) is 21.9. The molecule has 20 heteroatoms. The van der Waals surface area contributed by atoms with Gasteiger partial charge in [-0.1, -0.05) is 77.0 Å². The molecule has 0 saturated carbocycles. The van der Waals surface area contributed by atoms with Gasteiger partial charge in [0.2, 0.25) is 0 Å². The van der Waals surface area contributed by atoms with Gasteiger partial charge < -0.3 is 33.9 Å². The Hall–Kier alpha value is -3.91. The first-order valence-electron chi connectivity index (χ1n) is 21.9. The molecule has 2 atom stereocenters. The highest BCUT2D eigenvalue weighted by molar-refractivity contribution is 5.70. The van der Waals surface area contributed by atoms with Gasteiger partial charge in [0, 0.05) is 25.3 Å². The van der Waals surface area contributed by atoms with Crippen LogP contribution in [-0.4, -0.2) is 74.0 Å². The fraction of sp³-hybridized carbons (Fsp3) is 0.689. The van der Waals surface area contributed by atoms with Gasteiger partial charge in [-0.3, -0.25) is 9.59 Å². The first kappa shape index (κ1) is 57.2. The molecule has 65 heavy (non-hydrogen) atoms. The predicted octanol–water partition coefficient (Wildman–Crippen LogP) is 12.2. The van der Waals surface area contributed by atoms with E-state index in [1.807, 2.05) is 0 Å². The number of rotatable bonds is 33. The molecule has 2 aromatic carbocycles. The van der Waals surface area contributed by atoms with Crippen molar-refractivity contribution >= 4 is 11.9 Å². The van der Waals surface area contributed by atoms with Crippen LogP contribution >= 0.6 is 0 Å². The summed E-state index contributed by atoms with van der Waals surface area (Å²) in [6, 6.07) is 3.17. The number of halogens is 11. The van der Waals surface area contributed by atoms with Crippen LogP contribution < -0.4 is 9.47 Å². The van der Waals surface area contributed by atoms with Crippen LogP contribution in [0.2, 0.25) is 0 Å². The van der Waals surface area contributed by atoms with Gasteiger partial charge in [-0.15, -0.1) is 0 Å². The largest absolute Gasteiger partial charge is 0.494 e. The van der Waals surface area contributed by atoms with Gasteiger partial charge in [0.05, 0.1) is 49.7 Å². The summed E-state index contributed by atoms with van der Waals surface area (Å²) in [7, 11) is 0. The van der Waals surface area contributed by atoms with Crippen LogP contribution in [0.5, 0.6) is 11.5 Å². The van der Waals surface area contributed by atoms with Crippen LogP contribution in [0.15, 0.2) is 36.4 Å². The van der Waals surface area contributed by atoms with Gasteiger partial charge >= 0.3 is 30.5 Å². The predicted molar refractivity (Wildman–Crippen MR) is 216 cm³/mol. The topological polar surface area (TPSA) is 121 Å². The number of aliphatic hydroxyl groups excluding tert-OH is 2. The maximum absolute atomic E-state index is 13.7. The third-order valence-electron chi connectivity index (χ3n) is 9.94. The highest BCUT2D eigenvalue weighted by Crippen LogP contribution is 2.39. The Balaban J connectivity index is 1.57. The van der Waals surface area contributed by atoms with Crippen molar-refractivity contribution in [1.82, 2.24) is 0 Å². The lowest BCUT2D eigenvalue weighted by molar-refractivity contribution is -0.163. The quantitative estimate of drug-likeness (QED) is 0.0409. The summed E-state index contributed by atoms with van der Waals surface area (Å²) in [5.41, 5.74) is -4.85. The van der Waals surface area contributed by atoms with Gasteiger partial charge in [0.15, 0.2) is 6.10 Å². The van der Waals surface area contributed by atoms with Crippen molar-refractivity contribution < 1.29 is 91.8 Å². The Bertz CT molecular complexity index is 1600. The molecular weight excluding hydrogens is 893 g/mol. The molecule has 9 nitrogen and oxygen atoms in total. The Morgan fingerprint density at radius 2 is 0.877 bits per heavy atom. The smallest absolute Gasteiger partial charge is 0.416 e. The molecule has 0 aliphatic heterocycles. The van der Waals surface area contributed by atoms with Crippen LogP contribution in [0, 0.1) is 0 Å². The molecule has 2 unspecified atom stereocenters. The van der Waals surface area contributed by atoms with E-state index < -0.39 is 83.2 Å². The maximum Gasteiger partial charge on any atom is 0.416 e. The van der Waals surface area contributed by atoms with E-state index in [2.05, 4.69) is 0 Å². The van der Waals surface area contributed by atoms with Gasteiger partial charge in [-0.05, 0) is 62.1 Å². The molecule has 0 aliphatic carbocycles. The first-order chi connectivity index (χ1) is 30.5. The molecule has 0 amide bonds. The van der Waals surface area contributed by atoms with Crippen LogP contribution in [0.4, 0.5) is 48.3 Å². The second-order valence-corrected chi connectivity index (χ2v) is 15.9. The van der Waals surface area contributed by atoms with Gasteiger partial charge in [0.1, 0.15) is 24.2 Å². The zero-order valence-corrected chi connectivity index (χ0v) is 36.5. The van der Waals surface area contributed by atoms with Crippen LogP contribution in [0.3, 0.4) is 0 Å². The minimum atomic E-state index is -4.95. The van der Waals surface area contributed by atoms with Gasteiger partial charge in [-0.2, -0.15) is 39.5 Å². The number of benzene rings is 2. The lowest BCUT2D eigenvalue weighted by atomic mass is 10.1. The summed E-state index contributed by atoms with van der Waals surface area (Å²) in [5, 5.41) is 18.6. The number of hydrogen-bond acceptors (Lipinski definition) is 9. The van der Waals surface area contributed by atoms with E-state index in [0.717, 1.165) is 76.7 Å². The van der Waals surface area contributed by atoms with E-state index in [4.69, 9.17) is 28.8 Å². The summed E-state index contributed by atoms with van der Waals surface area (Å²) in [4.78, 5) is 24.9. The van der Waals surface area contributed by atoms with Crippen molar-refractivity contribution in [3.8, 4) is 11.5 Å². The number of ether oxygens (including phenoxy) is 5. The van der Waals surface area contributed by atoms with Crippen molar-refractivity contribution in [3.05, 3.63) is 58.7 Å². The summed E-state index contributed by atoms with van der Waals surface area (Å²) in [6.45, 7) is -0.685. The average Bonchev–Trinajstić information content (AvgIpc) is 3.22. The molecule has 0 spiro atoms. The summed E-state index contributed by atoms with van der Waals surface area (Å²) in [6.07, 6.45) is -5.06. The second kappa shape index (κ2) is 29.0. The fourth-order valence-electron chi connectivity index (χ4n) is 6.36. The third-order valence-corrected chi connectivity index (χ3v) is 9.94. The fourth-order valence-corrected chi connectivity index (χ4v) is 6.36. The van der Waals surface area contributed by atoms with Crippen molar-refractivity contribution in [1.29, 1.82) is 0 Å². The van der Waals surface area contributed by atoms with E-state index in [1.54, 1.807) is 0 Å². The number of aliphatic hydroxyl groups is 2. The SMILES string of the molecule is CC(F)(F)c1cc(OCCCCCCCCCCC(=O)OC(COCC(O)CO)COC(=O)CCCCCCCCCCOc2cc(C(F)(F)F)cc(C(F)(F)F)c2)cc(C(F)(F)F)c1. The monoisotopic (exact) mass is 954 g/mol. The molecule has 2 aromatic rings. The average molecular weight is 955 g/mol. The highest BCUT2D eigenvalue weighted by Gasteiger charge is 2.38. The summed E-state index contributed by atoms with van der Waals surface area (Å²) >= 11 is 0. The zero-order chi connectivity index (χ0) is 48.5. The molecule has 2 N–H and O–H groups in total. The minimum Gasteiger partial charge on any atom is -0.494 e. The van der Waals surface area contributed by atoms with E-state index in [-0.39, 0.29) is 57.7 Å². The highest BCUT2D eigenvalue weighted by atomic mass is 19.4. The molecule has 0 aliphatic rings. The zero-order valence-electron chi connectivity index (χ0n) is 36.5. The molecule has 0 saturated heterocycles. The number of carbonyl (C=O) groups is 2. The van der Waals surface area contributed by atoms with Gasteiger partial charge in [0.25, 0.3) is 5.92 Å². The van der Waals surface area contributed by atoms with E-state index in [1.165, 1.54) is 0 Å². The number of carbonyl (C=O) groups excluding carboxylic acids is 2. The van der Waals surface area contributed by atoms with E-state index in [0.29, 0.717) is 63.3 Å².